The largest absolute Gasteiger partial charge is 0.486 e. The van der Waals surface area contributed by atoms with Gasteiger partial charge in [0.1, 0.15) is 19.0 Å². The lowest BCUT2D eigenvalue weighted by atomic mass is 9.95. The van der Waals surface area contributed by atoms with E-state index in [4.69, 9.17) is 9.47 Å². The molecule has 1 atom stereocenters. The monoisotopic (exact) mass is 329 g/mol. The third-order valence-corrected chi connectivity index (χ3v) is 3.99. The van der Waals surface area contributed by atoms with Crippen LogP contribution in [0.25, 0.3) is 0 Å². The molecule has 0 aliphatic carbocycles. The average molecular weight is 329 g/mol. The topological polar surface area (TPSA) is 47.6 Å². The Labute approximate surface area is 140 Å². The van der Waals surface area contributed by atoms with E-state index in [9.17, 15) is 9.18 Å². The Hall–Kier alpha value is -2.56. The first-order chi connectivity index (χ1) is 11.5. The number of amides is 1. The predicted molar refractivity (Wildman–Crippen MR) is 88.9 cm³/mol. The van der Waals surface area contributed by atoms with Gasteiger partial charge < -0.3 is 14.8 Å². The molecule has 0 saturated carbocycles. The van der Waals surface area contributed by atoms with Crippen LogP contribution in [0.4, 0.5) is 4.39 Å². The van der Waals surface area contributed by atoms with E-state index < -0.39 is 0 Å². The summed E-state index contributed by atoms with van der Waals surface area (Å²) < 4.78 is 24.2. The molecule has 1 heterocycles. The van der Waals surface area contributed by atoms with Gasteiger partial charge in [0.2, 0.25) is 0 Å². The highest BCUT2D eigenvalue weighted by Crippen LogP contribution is 2.34. The third-order valence-electron chi connectivity index (χ3n) is 3.99. The average Bonchev–Trinajstić information content (AvgIpc) is 2.59. The summed E-state index contributed by atoms with van der Waals surface area (Å²) >= 11 is 0. The van der Waals surface area contributed by atoms with Crippen LogP contribution < -0.4 is 14.8 Å². The Balaban J connectivity index is 1.82. The van der Waals surface area contributed by atoms with Gasteiger partial charge in [0.25, 0.3) is 5.91 Å². The van der Waals surface area contributed by atoms with Crippen molar-refractivity contribution in [3.63, 3.8) is 0 Å². The van der Waals surface area contributed by atoms with Crippen molar-refractivity contribution >= 4 is 5.91 Å². The molecular weight excluding hydrogens is 309 g/mol. The summed E-state index contributed by atoms with van der Waals surface area (Å²) in [5, 5.41) is 3.02. The van der Waals surface area contributed by atoms with Crippen LogP contribution in [0.3, 0.4) is 0 Å². The van der Waals surface area contributed by atoms with E-state index in [1.54, 1.807) is 0 Å². The van der Waals surface area contributed by atoms with Gasteiger partial charge in [-0.05, 0) is 47.9 Å². The first-order valence-electron chi connectivity index (χ1n) is 8.00. The molecule has 3 rings (SSSR count). The number of carbonyl (C=O) groups is 1. The molecule has 0 fully saturated rings. The van der Waals surface area contributed by atoms with Gasteiger partial charge in [-0.15, -0.1) is 0 Å². The van der Waals surface area contributed by atoms with Gasteiger partial charge in [-0.1, -0.05) is 19.9 Å². The molecular formula is C19H20FNO3. The number of ether oxygens (including phenoxy) is 2. The molecule has 1 N–H and O–H groups in total. The Morgan fingerprint density at radius 1 is 1.04 bits per heavy atom. The maximum absolute atomic E-state index is 13.0. The fraction of sp³-hybridized carbons (Fsp3) is 0.316. The first-order valence-corrected chi connectivity index (χ1v) is 8.00. The van der Waals surface area contributed by atoms with Crippen molar-refractivity contribution < 1.29 is 18.7 Å². The van der Waals surface area contributed by atoms with Crippen molar-refractivity contribution in [2.75, 3.05) is 13.2 Å². The second kappa shape index (κ2) is 6.91. The third kappa shape index (κ3) is 3.50. The van der Waals surface area contributed by atoms with Gasteiger partial charge in [0.15, 0.2) is 11.5 Å². The number of rotatable bonds is 4. The minimum atomic E-state index is -0.362. The highest BCUT2D eigenvalue weighted by molar-refractivity contribution is 5.94. The fourth-order valence-corrected chi connectivity index (χ4v) is 2.71. The summed E-state index contributed by atoms with van der Waals surface area (Å²) in [5.74, 6) is 0.997. The standard InChI is InChI=1S/C19H20FNO3/c1-12(2)18(21-19(22)13-3-6-15(20)7-4-13)14-5-8-16-17(11-14)24-10-9-23-16/h3-8,11-12,18H,9-10H2,1-2H3,(H,21,22)/t18-/m0/s1. The van der Waals surface area contributed by atoms with E-state index in [0.29, 0.717) is 24.5 Å². The zero-order valence-corrected chi connectivity index (χ0v) is 13.7. The Morgan fingerprint density at radius 3 is 2.38 bits per heavy atom. The van der Waals surface area contributed by atoms with Crippen molar-refractivity contribution in [1.82, 2.24) is 5.32 Å². The van der Waals surface area contributed by atoms with E-state index in [1.807, 2.05) is 32.0 Å². The molecule has 126 valence electrons. The number of hydrogen-bond donors (Lipinski definition) is 1. The van der Waals surface area contributed by atoms with Crippen LogP contribution in [-0.4, -0.2) is 19.1 Å². The second-order valence-corrected chi connectivity index (χ2v) is 6.11. The lowest BCUT2D eigenvalue weighted by Crippen LogP contribution is -2.31. The second-order valence-electron chi connectivity index (χ2n) is 6.11. The lowest BCUT2D eigenvalue weighted by Gasteiger charge is -2.25. The normalized spacial score (nSPS) is 14.3. The number of halogens is 1. The molecule has 0 spiro atoms. The van der Waals surface area contributed by atoms with Crippen molar-refractivity contribution in [3.05, 3.63) is 59.4 Å². The minimum Gasteiger partial charge on any atom is -0.486 e. The lowest BCUT2D eigenvalue weighted by molar-refractivity contribution is 0.0925. The molecule has 4 nitrogen and oxygen atoms in total. The zero-order valence-electron chi connectivity index (χ0n) is 13.7. The van der Waals surface area contributed by atoms with Gasteiger partial charge in [-0.2, -0.15) is 0 Å². The molecule has 0 bridgehead atoms. The molecule has 24 heavy (non-hydrogen) atoms. The van der Waals surface area contributed by atoms with E-state index in [0.717, 1.165) is 11.3 Å². The summed E-state index contributed by atoms with van der Waals surface area (Å²) in [4.78, 5) is 12.4. The van der Waals surface area contributed by atoms with Crippen molar-refractivity contribution in [3.8, 4) is 11.5 Å². The highest BCUT2D eigenvalue weighted by Gasteiger charge is 2.22. The summed E-state index contributed by atoms with van der Waals surface area (Å²) in [6.07, 6.45) is 0. The van der Waals surface area contributed by atoms with Gasteiger partial charge in [-0.25, -0.2) is 4.39 Å². The van der Waals surface area contributed by atoms with Crippen LogP contribution in [0.15, 0.2) is 42.5 Å². The van der Waals surface area contributed by atoms with Gasteiger partial charge in [0, 0.05) is 5.56 Å². The summed E-state index contributed by atoms with van der Waals surface area (Å²) in [6.45, 7) is 5.13. The maximum Gasteiger partial charge on any atom is 0.251 e. The Kier molecular flexibility index (Phi) is 4.69. The van der Waals surface area contributed by atoms with Gasteiger partial charge in [0.05, 0.1) is 6.04 Å². The molecule has 1 amide bonds. The zero-order chi connectivity index (χ0) is 17.1. The van der Waals surface area contributed by atoms with Crippen LogP contribution in [-0.2, 0) is 0 Å². The number of nitrogens with one attached hydrogen (secondary N) is 1. The van der Waals surface area contributed by atoms with Crippen molar-refractivity contribution in [2.24, 2.45) is 5.92 Å². The van der Waals surface area contributed by atoms with Gasteiger partial charge in [-0.3, -0.25) is 4.79 Å². The van der Waals surface area contributed by atoms with Crippen LogP contribution in [0.1, 0.15) is 35.8 Å². The predicted octanol–water partition coefficient (Wildman–Crippen LogP) is 3.72. The molecule has 0 unspecified atom stereocenters. The number of fused-ring (bicyclic) bond motifs is 1. The van der Waals surface area contributed by atoms with E-state index in [2.05, 4.69) is 5.32 Å². The fourth-order valence-electron chi connectivity index (χ4n) is 2.71. The minimum absolute atomic E-state index is 0.178. The highest BCUT2D eigenvalue weighted by atomic mass is 19.1. The van der Waals surface area contributed by atoms with Crippen LogP contribution >= 0.6 is 0 Å². The molecule has 1 aliphatic rings. The Bertz CT molecular complexity index is 728. The molecule has 2 aromatic rings. The van der Waals surface area contributed by atoms with Gasteiger partial charge >= 0.3 is 0 Å². The van der Waals surface area contributed by atoms with Crippen LogP contribution in [0, 0.1) is 11.7 Å². The molecule has 2 aromatic carbocycles. The Morgan fingerprint density at radius 2 is 1.71 bits per heavy atom. The molecule has 0 aromatic heterocycles. The molecule has 0 saturated heterocycles. The number of hydrogen-bond acceptors (Lipinski definition) is 3. The molecule has 5 heteroatoms. The molecule has 0 radical (unpaired) electrons. The van der Waals surface area contributed by atoms with E-state index in [1.165, 1.54) is 24.3 Å². The van der Waals surface area contributed by atoms with Crippen molar-refractivity contribution in [1.29, 1.82) is 0 Å². The SMILES string of the molecule is CC(C)[C@H](NC(=O)c1ccc(F)cc1)c1ccc2c(c1)OCCO2. The molecule has 1 aliphatic heterocycles. The number of benzene rings is 2. The van der Waals surface area contributed by atoms with Crippen LogP contribution in [0.2, 0.25) is 0 Å². The van der Waals surface area contributed by atoms with E-state index >= 15 is 0 Å². The first kappa shape index (κ1) is 16.3. The summed E-state index contributed by atoms with van der Waals surface area (Å²) in [5.41, 5.74) is 1.38. The van der Waals surface area contributed by atoms with Crippen molar-refractivity contribution in [2.45, 2.75) is 19.9 Å². The van der Waals surface area contributed by atoms with E-state index in [-0.39, 0.29) is 23.7 Å². The maximum atomic E-state index is 13.0. The van der Waals surface area contributed by atoms with Crippen LogP contribution in [0.5, 0.6) is 11.5 Å². The smallest absolute Gasteiger partial charge is 0.251 e. The summed E-state index contributed by atoms with van der Waals surface area (Å²) in [6, 6.07) is 11.0. The number of carbonyl (C=O) groups excluding carboxylic acids is 1. The quantitative estimate of drug-likeness (QED) is 0.930. The summed E-state index contributed by atoms with van der Waals surface area (Å²) in [7, 11) is 0.